The van der Waals surface area contributed by atoms with Crippen molar-refractivity contribution in [1.29, 1.82) is 0 Å². The van der Waals surface area contributed by atoms with E-state index in [9.17, 15) is 16.8 Å². The maximum absolute atomic E-state index is 12.6. The van der Waals surface area contributed by atoms with Gasteiger partial charge < -0.3 is 4.42 Å². The van der Waals surface area contributed by atoms with Gasteiger partial charge in [-0.25, -0.2) is 26.5 Å². The van der Waals surface area contributed by atoms with Crippen LogP contribution >= 0.6 is 0 Å². The zero-order valence-corrected chi connectivity index (χ0v) is 16.2. The molecule has 0 unspecified atom stereocenters. The van der Waals surface area contributed by atoms with Crippen LogP contribution in [-0.2, 0) is 20.0 Å². The first-order valence-electron chi connectivity index (χ1n) is 8.48. The van der Waals surface area contributed by atoms with Crippen LogP contribution in [0.15, 0.2) is 75.3 Å². The van der Waals surface area contributed by atoms with Gasteiger partial charge in [0.15, 0.2) is 12.2 Å². The van der Waals surface area contributed by atoms with Gasteiger partial charge in [-0.05, 0) is 49.2 Å². The first-order chi connectivity index (χ1) is 13.3. The highest BCUT2D eigenvalue weighted by molar-refractivity contribution is 7.92. The van der Waals surface area contributed by atoms with E-state index in [-0.39, 0.29) is 15.8 Å². The maximum atomic E-state index is 12.6. The second-order valence-electron chi connectivity index (χ2n) is 6.42. The van der Waals surface area contributed by atoms with Crippen LogP contribution in [0.1, 0.15) is 12.8 Å². The molecule has 3 aromatic rings. The molecule has 0 aliphatic heterocycles. The van der Waals surface area contributed by atoms with Crippen LogP contribution in [0, 0.1) is 0 Å². The number of hydrogen-bond acceptors (Lipinski definition) is 6. The molecule has 0 atom stereocenters. The molecule has 1 aliphatic carbocycles. The van der Waals surface area contributed by atoms with Crippen molar-refractivity contribution < 1.29 is 21.3 Å². The lowest BCUT2D eigenvalue weighted by Crippen LogP contribution is -2.25. The van der Waals surface area contributed by atoms with E-state index in [0.717, 1.165) is 12.8 Å². The average Bonchev–Trinajstić information content (AvgIpc) is 3.29. The lowest BCUT2D eigenvalue weighted by atomic mass is 10.2. The van der Waals surface area contributed by atoms with Crippen molar-refractivity contribution in [2.24, 2.45) is 0 Å². The SMILES string of the molecule is O=S(=O)(Nc1cccc(-c2cnco2)c1)c1ccc(S(=O)(=O)NC2CC2)cc1. The van der Waals surface area contributed by atoms with Crippen molar-refractivity contribution in [1.82, 2.24) is 9.71 Å². The quantitative estimate of drug-likeness (QED) is 0.608. The minimum absolute atomic E-state index is 0.0216. The summed E-state index contributed by atoms with van der Waals surface area (Å²) in [6.07, 6.45) is 4.47. The number of nitrogens with zero attached hydrogens (tertiary/aromatic N) is 1. The summed E-state index contributed by atoms with van der Waals surface area (Å²) in [7, 11) is -7.51. The smallest absolute Gasteiger partial charge is 0.261 e. The molecule has 1 aromatic heterocycles. The fourth-order valence-electron chi connectivity index (χ4n) is 2.59. The second kappa shape index (κ2) is 7.04. The van der Waals surface area contributed by atoms with Crippen LogP contribution in [0.3, 0.4) is 0 Å². The monoisotopic (exact) mass is 419 g/mol. The van der Waals surface area contributed by atoms with Gasteiger partial charge in [0.05, 0.1) is 16.0 Å². The van der Waals surface area contributed by atoms with Crippen molar-refractivity contribution in [3.05, 3.63) is 61.1 Å². The van der Waals surface area contributed by atoms with E-state index in [1.165, 1.54) is 36.9 Å². The number of anilines is 1. The normalized spacial score (nSPS) is 14.7. The number of aromatic nitrogens is 1. The highest BCUT2D eigenvalue weighted by atomic mass is 32.2. The van der Waals surface area contributed by atoms with Crippen molar-refractivity contribution in [3.63, 3.8) is 0 Å². The van der Waals surface area contributed by atoms with Gasteiger partial charge in [-0.2, -0.15) is 0 Å². The molecule has 146 valence electrons. The van der Waals surface area contributed by atoms with E-state index in [1.54, 1.807) is 24.3 Å². The predicted molar refractivity (Wildman–Crippen MR) is 103 cm³/mol. The molecule has 0 radical (unpaired) electrons. The lowest BCUT2D eigenvalue weighted by molar-refractivity contribution is 0.572. The molecular weight excluding hydrogens is 402 g/mol. The fraction of sp³-hybridized carbons (Fsp3) is 0.167. The zero-order valence-electron chi connectivity index (χ0n) is 14.6. The van der Waals surface area contributed by atoms with Gasteiger partial charge in [0.2, 0.25) is 10.0 Å². The topological polar surface area (TPSA) is 118 Å². The molecule has 1 aliphatic rings. The van der Waals surface area contributed by atoms with Gasteiger partial charge in [-0.1, -0.05) is 12.1 Å². The summed E-state index contributed by atoms with van der Waals surface area (Å²) in [6, 6.07) is 11.8. The summed E-state index contributed by atoms with van der Waals surface area (Å²) in [5.74, 6) is 0.513. The van der Waals surface area contributed by atoms with E-state index in [1.807, 2.05) is 0 Å². The number of hydrogen-bond donors (Lipinski definition) is 2. The van der Waals surface area contributed by atoms with E-state index < -0.39 is 20.0 Å². The van der Waals surface area contributed by atoms with E-state index >= 15 is 0 Å². The third kappa shape index (κ3) is 4.08. The van der Waals surface area contributed by atoms with Crippen LogP contribution in [0.2, 0.25) is 0 Å². The molecule has 1 heterocycles. The van der Waals surface area contributed by atoms with Gasteiger partial charge in [0.1, 0.15) is 0 Å². The summed E-state index contributed by atoms with van der Waals surface area (Å²) in [6.45, 7) is 0. The molecule has 8 nitrogen and oxygen atoms in total. The van der Waals surface area contributed by atoms with Gasteiger partial charge in [-0.3, -0.25) is 4.72 Å². The van der Waals surface area contributed by atoms with E-state index in [4.69, 9.17) is 4.42 Å². The van der Waals surface area contributed by atoms with E-state index in [2.05, 4.69) is 14.4 Å². The van der Waals surface area contributed by atoms with Gasteiger partial charge in [0, 0.05) is 17.3 Å². The Morgan fingerprint density at radius 2 is 1.61 bits per heavy atom. The molecule has 4 rings (SSSR count). The van der Waals surface area contributed by atoms with Gasteiger partial charge >= 0.3 is 0 Å². The van der Waals surface area contributed by atoms with Crippen LogP contribution < -0.4 is 9.44 Å². The summed E-state index contributed by atoms with van der Waals surface area (Å²) in [5.41, 5.74) is 1.02. The third-order valence-corrected chi connectivity index (χ3v) is 7.11. The standard InChI is InChI=1S/C18H17N3O5S2/c22-27(23,20-14-4-5-14)16-6-8-17(9-7-16)28(24,25)21-15-3-1-2-13(10-15)18-11-19-12-26-18/h1-3,6-12,14,20-21H,4-5H2. The van der Waals surface area contributed by atoms with Crippen molar-refractivity contribution >= 4 is 25.7 Å². The van der Waals surface area contributed by atoms with Crippen LogP contribution in [0.4, 0.5) is 5.69 Å². The first kappa shape index (κ1) is 18.7. The summed E-state index contributed by atoms with van der Waals surface area (Å²) >= 11 is 0. The molecule has 1 saturated carbocycles. The third-order valence-electron chi connectivity index (χ3n) is 4.18. The predicted octanol–water partition coefficient (Wildman–Crippen LogP) is 2.58. The van der Waals surface area contributed by atoms with Crippen LogP contribution in [-0.4, -0.2) is 27.9 Å². The minimum atomic E-state index is -3.88. The zero-order chi connectivity index (χ0) is 19.8. The Morgan fingerprint density at radius 3 is 2.21 bits per heavy atom. The largest absolute Gasteiger partial charge is 0.444 e. The van der Waals surface area contributed by atoms with Crippen molar-refractivity contribution in [2.45, 2.75) is 28.7 Å². The second-order valence-corrected chi connectivity index (χ2v) is 9.82. The molecule has 0 saturated heterocycles. The van der Waals surface area contributed by atoms with Crippen LogP contribution in [0.25, 0.3) is 11.3 Å². The number of benzene rings is 2. The van der Waals surface area contributed by atoms with Gasteiger partial charge in [0.25, 0.3) is 10.0 Å². The van der Waals surface area contributed by atoms with Crippen molar-refractivity contribution in [2.75, 3.05) is 4.72 Å². The molecule has 28 heavy (non-hydrogen) atoms. The maximum Gasteiger partial charge on any atom is 0.261 e. The molecule has 1 fully saturated rings. The van der Waals surface area contributed by atoms with Crippen molar-refractivity contribution in [3.8, 4) is 11.3 Å². The Balaban J connectivity index is 1.54. The molecule has 2 N–H and O–H groups in total. The summed E-state index contributed by atoms with van der Waals surface area (Å²) in [4.78, 5) is 3.83. The number of sulfonamides is 2. The highest BCUT2D eigenvalue weighted by Gasteiger charge is 2.28. The summed E-state index contributed by atoms with van der Waals surface area (Å²) in [5, 5.41) is 0. The van der Waals surface area contributed by atoms with Gasteiger partial charge in [-0.15, -0.1) is 0 Å². The Kier molecular flexibility index (Phi) is 4.69. The average molecular weight is 419 g/mol. The molecule has 0 bridgehead atoms. The minimum Gasteiger partial charge on any atom is -0.444 e. The molecule has 0 amide bonds. The molecule has 10 heteroatoms. The Labute approximate surface area is 162 Å². The number of rotatable bonds is 7. The van der Waals surface area contributed by atoms with Crippen LogP contribution in [0.5, 0.6) is 0 Å². The molecular formula is C18H17N3O5S2. The number of oxazole rings is 1. The summed E-state index contributed by atoms with van der Waals surface area (Å²) < 4.78 is 59.9. The van der Waals surface area contributed by atoms with E-state index in [0.29, 0.717) is 17.0 Å². The molecule has 0 spiro atoms. The molecule has 2 aromatic carbocycles. The number of nitrogens with one attached hydrogen (secondary N) is 2. The highest BCUT2D eigenvalue weighted by Crippen LogP contribution is 2.25. The Hall–Kier alpha value is -2.69. The first-order valence-corrected chi connectivity index (χ1v) is 11.4. The Morgan fingerprint density at radius 1 is 0.929 bits per heavy atom. The lowest BCUT2D eigenvalue weighted by Gasteiger charge is -2.10. The fourth-order valence-corrected chi connectivity index (χ4v) is 4.95. The Bertz CT molecular complexity index is 1180.